The van der Waals surface area contributed by atoms with Crippen molar-refractivity contribution >= 4 is 11.7 Å². The van der Waals surface area contributed by atoms with Gasteiger partial charge in [0.05, 0.1) is 35.9 Å². The summed E-state index contributed by atoms with van der Waals surface area (Å²) in [6.45, 7) is 4.57. The van der Waals surface area contributed by atoms with E-state index in [2.05, 4.69) is 25.8 Å². The largest absolute Gasteiger partial charge is 0.378 e. The fraction of sp³-hybridized carbons (Fsp3) is 0.357. The molecule has 112 valence electrons. The Morgan fingerprint density at radius 3 is 2.90 bits per heavy atom. The average Bonchev–Trinajstić information content (AvgIpc) is 2.88. The van der Waals surface area contributed by atoms with E-state index < -0.39 is 0 Å². The number of carbonyl (C=O) groups is 1. The van der Waals surface area contributed by atoms with Crippen LogP contribution in [0.1, 0.15) is 22.8 Å². The molecule has 0 atom stereocenters. The number of H-pyrrole nitrogens is 1. The van der Waals surface area contributed by atoms with E-state index in [0.717, 1.165) is 22.8 Å². The Hall–Kier alpha value is -2.41. The van der Waals surface area contributed by atoms with Crippen LogP contribution < -0.4 is 10.6 Å². The molecule has 0 radical (unpaired) electrons. The number of aryl methyl sites for hydroxylation is 2. The monoisotopic (exact) mass is 289 g/mol. The molecule has 2 aromatic heterocycles. The van der Waals surface area contributed by atoms with Gasteiger partial charge in [-0.1, -0.05) is 0 Å². The van der Waals surface area contributed by atoms with Crippen LogP contribution in [0.5, 0.6) is 0 Å². The summed E-state index contributed by atoms with van der Waals surface area (Å²) in [4.78, 5) is 16.1. The highest BCUT2D eigenvalue weighted by atomic mass is 16.5. The van der Waals surface area contributed by atoms with Crippen LogP contribution >= 0.6 is 0 Å². The highest BCUT2D eigenvalue weighted by Crippen LogP contribution is 2.12. The molecule has 0 saturated heterocycles. The summed E-state index contributed by atoms with van der Waals surface area (Å²) in [6.07, 6.45) is 0. The number of methoxy groups -OCH3 is 1. The highest BCUT2D eigenvalue weighted by molar-refractivity contribution is 5.89. The van der Waals surface area contributed by atoms with Crippen molar-refractivity contribution < 1.29 is 9.53 Å². The number of rotatable bonds is 5. The average molecular weight is 289 g/mol. The van der Waals surface area contributed by atoms with Gasteiger partial charge >= 0.3 is 6.03 Å². The number of nitrogens with zero attached hydrogens (tertiary/aromatic N) is 2. The van der Waals surface area contributed by atoms with Crippen molar-refractivity contribution in [3.63, 3.8) is 0 Å². The Morgan fingerprint density at radius 1 is 1.38 bits per heavy atom. The summed E-state index contributed by atoms with van der Waals surface area (Å²) in [5.41, 5.74) is 4.02. The molecule has 0 saturated carbocycles. The van der Waals surface area contributed by atoms with E-state index in [1.54, 1.807) is 7.11 Å². The number of nitrogens with one attached hydrogen (secondary N) is 3. The second-order valence-corrected chi connectivity index (χ2v) is 4.71. The number of carbonyl (C=O) groups excluding carboxylic acids is 1. The van der Waals surface area contributed by atoms with Gasteiger partial charge in [0.1, 0.15) is 0 Å². The standard InChI is InChI=1S/C14H19N5O2/c1-9-4-5-13(10(2)16-9)17-14(20)15-7-11-6-12(8-21-3)19-18-11/h4-6H,7-8H2,1-3H3,(H,18,19)(H2,15,17,20). The second kappa shape index (κ2) is 6.85. The predicted molar refractivity (Wildman–Crippen MR) is 78.9 cm³/mol. The lowest BCUT2D eigenvalue weighted by atomic mass is 10.3. The Morgan fingerprint density at radius 2 is 2.19 bits per heavy atom. The predicted octanol–water partition coefficient (Wildman–Crippen LogP) is 1.89. The van der Waals surface area contributed by atoms with Gasteiger partial charge < -0.3 is 15.4 Å². The molecule has 2 heterocycles. The molecular formula is C14H19N5O2. The fourth-order valence-corrected chi connectivity index (χ4v) is 1.88. The van der Waals surface area contributed by atoms with Crippen LogP contribution in [-0.4, -0.2) is 28.3 Å². The first-order valence-corrected chi connectivity index (χ1v) is 6.59. The Bertz CT molecular complexity index is 624. The van der Waals surface area contributed by atoms with Crippen LogP contribution in [0.15, 0.2) is 18.2 Å². The number of urea groups is 1. The van der Waals surface area contributed by atoms with Gasteiger partial charge in [-0.25, -0.2) is 4.79 Å². The number of hydrogen-bond donors (Lipinski definition) is 3. The molecular weight excluding hydrogens is 270 g/mol. The van der Waals surface area contributed by atoms with E-state index in [0.29, 0.717) is 18.8 Å². The van der Waals surface area contributed by atoms with Crippen LogP contribution in [0, 0.1) is 13.8 Å². The Labute approximate surface area is 123 Å². The third-order valence-electron chi connectivity index (χ3n) is 2.89. The number of aromatic nitrogens is 3. The first-order chi connectivity index (χ1) is 10.1. The third kappa shape index (κ3) is 4.28. The third-order valence-corrected chi connectivity index (χ3v) is 2.89. The summed E-state index contributed by atoms with van der Waals surface area (Å²) < 4.78 is 4.98. The van der Waals surface area contributed by atoms with Gasteiger partial charge in [-0.2, -0.15) is 5.10 Å². The van der Waals surface area contributed by atoms with Crippen molar-refractivity contribution in [3.05, 3.63) is 41.0 Å². The Balaban J connectivity index is 1.86. The lowest BCUT2D eigenvalue weighted by Gasteiger charge is -2.09. The van der Waals surface area contributed by atoms with Crippen molar-refractivity contribution in [2.45, 2.75) is 27.0 Å². The molecule has 0 fully saturated rings. The highest BCUT2D eigenvalue weighted by Gasteiger charge is 2.06. The van der Waals surface area contributed by atoms with Gasteiger partial charge in [-0.15, -0.1) is 0 Å². The fourth-order valence-electron chi connectivity index (χ4n) is 1.88. The molecule has 0 aliphatic heterocycles. The van der Waals surface area contributed by atoms with Gasteiger partial charge in [-0.05, 0) is 32.0 Å². The van der Waals surface area contributed by atoms with Crippen LogP contribution in [0.3, 0.4) is 0 Å². The maximum Gasteiger partial charge on any atom is 0.319 e. The van der Waals surface area contributed by atoms with E-state index in [4.69, 9.17) is 4.74 Å². The van der Waals surface area contributed by atoms with Crippen LogP contribution in [0.4, 0.5) is 10.5 Å². The number of ether oxygens (including phenoxy) is 1. The quantitative estimate of drug-likeness (QED) is 0.783. The molecule has 7 heteroatoms. The molecule has 0 spiro atoms. The number of pyridine rings is 1. The molecule has 0 aliphatic rings. The molecule has 3 N–H and O–H groups in total. The summed E-state index contributed by atoms with van der Waals surface area (Å²) in [7, 11) is 1.61. The van der Waals surface area contributed by atoms with Gasteiger partial charge in [0.25, 0.3) is 0 Å². The molecule has 2 amide bonds. The minimum absolute atomic E-state index is 0.286. The molecule has 0 aliphatic carbocycles. The summed E-state index contributed by atoms with van der Waals surface area (Å²) in [6, 6.07) is 5.26. The summed E-state index contributed by atoms with van der Waals surface area (Å²) >= 11 is 0. The van der Waals surface area contributed by atoms with Gasteiger partial charge in [0, 0.05) is 12.8 Å². The smallest absolute Gasteiger partial charge is 0.319 e. The van der Waals surface area contributed by atoms with Gasteiger partial charge in [0.2, 0.25) is 0 Å². The van der Waals surface area contributed by atoms with E-state index >= 15 is 0 Å². The number of aromatic amines is 1. The minimum Gasteiger partial charge on any atom is -0.378 e. The van der Waals surface area contributed by atoms with Crippen LogP contribution in [0.2, 0.25) is 0 Å². The van der Waals surface area contributed by atoms with E-state index in [1.807, 2.05) is 32.0 Å². The first kappa shape index (κ1) is 15.0. The van der Waals surface area contributed by atoms with Crippen molar-refractivity contribution in [2.24, 2.45) is 0 Å². The van der Waals surface area contributed by atoms with E-state index in [-0.39, 0.29) is 6.03 Å². The van der Waals surface area contributed by atoms with Gasteiger partial charge in [-0.3, -0.25) is 10.1 Å². The summed E-state index contributed by atoms with van der Waals surface area (Å²) in [5, 5.41) is 12.4. The maximum absolute atomic E-state index is 11.8. The van der Waals surface area contributed by atoms with E-state index in [9.17, 15) is 4.79 Å². The molecule has 21 heavy (non-hydrogen) atoms. The molecule has 0 aromatic carbocycles. The zero-order chi connectivity index (χ0) is 15.2. The SMILES string of the molecule is COCc1cc(CNC(=O)Nc2ccc(C)nc2C)[nH]n1. The van der Waals surface area contributed by atoms with Crippen LogP contribution in [0.25, 0.3) is 0 Å². The Kier molecular flexibility index (Phi) is 4.89. The molecule has 0 bridgehead atoms. The summed E-state index contributed by atoms with van der Waals surface area (Å²) in [5.74, 6) is 0. The zero-order valence-electron chi connectivity index (χ0n) is 12.4. The molecule has 2 aromatic rings. The molecule has 7 nitrogen and oxygen atoms in total. The number of anilines is 1. The first-order valence-electron chi connectivity index (χ1n) is 6.59. The number of hydrogen-bond acceptors (Lipinski definition) is 4. The number of amides is 2. The van der Waals surface area contributed by atoms with Crippen molar-refractivity contribution in [2.75, 3.05) is 12.4 Å². The second-order valence-electron chi connectivity index (χ2n) is 4.71. The lowest BCUT2D eigenvalue weighted by Crippen LogP contribution is -2.28. The van der Waals surface area contributed by atoms with Crippen molar-refractivity contribution in [3.8, 4) is 0 Å². The van der Waals surface area contributed by atoms with Crippen molar-refractivity contribution in [1.82, 2.24) is 20.5 Å². The minimum atomic E-state index is -0.286. The van der Waals surface area contributed by atoms with Crippen LogP contribution in [-0.2, 0) is 17.9 Å². The van der Waals surface area contributed by atoms with Crippen molar-refractivity contribution in [1.29, 1.82) is 0 Å². The lowest BCUT2D eigenvalue weighted by molar-refractivity contribution is 0.181. The topological polar surface area (TPSA) is 91.9 Å². The van der Waals surface area contributed by atoms with E-state index in [1.165, 1.54) is 0 Å². The molecule has 0 unspecified atom stereocenters. The maximum atomic E-state index is 11.8. The van der Waals surface area contributed by atoms with Gasteiger partial charge in [0.15, 0.2) is 0 Å². The zero-order valence-corrected chi connectivity index (χ0v) is 12.4. The molecule has 2 rings (SSSR count). The normalized spacial score (nSPS) is 10.4.